The van der Waals surface area contributed by atoms with Crippen LogP contribution in [-0.4, -0.2) is 34.8 Å². The van der Waals surface area contributed by atoms with Crippen molar-refractivity contribution in [3.05, 3.63) is 0 Å². The summed E-state index contributed by atoms with van der Waals surface area (Å²) in [6.07, 6.45) is 3.37. The summed E-state index contributed by atoms with van der Waals surface area (Å²) in [5.41, 5.74) is 0. The van der Waals surface area contributed by atoms with E-state index in [1.807, 2.05) is 13.8 Å². The minimum atomic E-state index is -0.224. The number of nitrogens with one attached hydrogen (secondary N) is 1. The molecule has 1 saturated carbocycles. The summed E-state index contributed by atoms with van der Waals surface area (Å²) in [5.74, 6) is 0.151. The number of hydrogen-bond acceptors (Lipinski definition) is 2. The van der Waals surface area contributed by atoms with Gasteiger partial charge >= 0.3 is 0 Å². The van der Waals surface area contributed by atoms with Crippen LogP contribution in [0.3, 0.4) is 0 Å². The summed E-state index contributed by atoms with van der Waals surface area (Å²) in [4.78, 5) is 25.1. The minimum Gasteiger partial charge on any atom is -0.352 e. The predicted molar refractivity (Wildman–Crippen MR) is 56.2 cm³/mol. The van der Waals surface area contributed by atoms with Gasteiger partial charge in [-0.05, 0) is 33.1 Å². The Hall–Kier alpha value is -1.06. The van der Waals surface area contributed by atoms with Crippen LogP contribution in [0.25, 0.3) is 0 Å². The molecule has 1 aliphatic carbocycles. The standard InChI is InChI=1S/C11H18N2O2/c1-7(2)13-9(5-6-10(13)14)11(15)12-8-3-4-8/h7-9H,3-6H2,1-2H3,(H,12,15). The molecule has 1 saturated heterocycles. The number of carbonyl (C=O) groups is 2. The first-order chi connectivity index (χ1) is 7.09. The second-order valence-corrected chi connectivity index (χ2v) is 4.73. The third-order valence-corrected chi connectivity index (χ3v) is 3.04. The number of amides is 2. The van der Waals surface area contributed by atoms with E-state index in [1.54, 1.807) is 4.90 Å². The van der Waals surface area contributed by atoms with Gasteiger partial charge in [0.1, 0.15) is 6.04 Å². The molecule has 1 aliphatic heterocycles. The molecule has 0 bridgehead atoms. The Kier molecular flexibility index (Phi) is 2.67. The first-order valence-corrected chi connectivity index (χ1v) is 5.71. The molecule has 1 unspecified atom stereocenters. The van der Waals surface area contributed by atoms with Crippen molar-refractivity contribution in [2.24, 2.45) is 0 Å². The number of nitrogens with zero attached hydrogens (tertiary/aromatic N) is 1. The maximum absolute atomic E-state index is 11.9. The van der Waals surface area contributed by atoms with Gasteiger partial charge in [0.05, 0.1) is 0 Å². The van der Waals surface area contributed by atoms with E-state index in [-0.39, 0.29) is 23.9 Å². The SMILES string of the molecule is CC(C)N1C(=O)CCC1C(=O)NC1CC1. The molecule has 1 N–H and O–H groups in total. The van der Waals surface area contributed by atoms with Gasteiger partial charge in [0, 0.05) is 18.5 Å². The molecule has 0 spiro atoms. The summed E-state index contributed by atoms with van der Waals surface area (Å²) in [5, 5.41) is 2.97. The predicted octanol–water partition coefficient (Wildman–Crippen LogP) is 0.664. The Morgan fingerprint density at radius 2 is 2.07 bits per heavy atom. The number of carbonyl (C=O) groups excluding carboxylic acids is 2. The van der Waals surface area contributed by atoms with Gasteiger partial charge in [0.25, 0.3) is 0 Å². The second kappa shape index (κ2) is 3.83. The third kappa shape index (κ3) is 2.13. The van der Waals surface area contributed by atoms with Crippen LogP contribution < -0.4 is 5.32 Å². The zero-order chi connectivity index (χ0) is 11.0. The number of hydrogen-bond donors (Lipinski definition) is 1. The largest absolute Gasteiger partial charge is 0.352 e. The summed E-state index contributed by atoms with van der Waals surface area (Å²) >= 11 is 0. The summed E-state index contributed by atoms with van der Waals surface area (Å²) < 4.78 is 0. The first kappa shape index (κ1) is 10.5. The normalized spacial score (nSPS) is 26.2. The van der Waals surface area contributed by atoms with Crippen molar-refractivity contribution in [1.29, 1.82) is 0 Å². The molecule has 2 amide bonds. The van der Waals surface area contributed by atoms with E-state index in [4.69, 9.17) is 0 Å². The van der Waals surface area contributed by atoms with Crippen molar-refractivity contribution in [2.45, 2.75) is 57.7 Å². The van der Waals surface area contributed by atoms with Gasteiger partial charge in [-0.2, -0.15) is 0 Å². The quantitative estimate of drug-likeness (QED) is 0.744. The molecule has 84 valence electrons. The number of likely N-dealkylation sites (tertiary alicyclic amines) is 1. The summed E-state index contributed by atoms with van der Waals surface area (Å²) in [6.45, 7) is 3.92. The molecular formula is C11H18N2O2. The molecule has 0 aromatic heterocycles. The van der Waals surface area contributed by atoms with Crippen LogP contribution in [0.1, 0.15) is 39.5 Å². The molecule has 0 aromatic carbocycles. The second-order valence-electron chi connectivity index (χ2n) is 4.73. The van der Waals surface area contributed by atoms with E-state index in [1.165, 1.54) is 0 Å². The molecule has 2 rings (SSSR count). The van der Waals surface area contributed by atoms with Gasteiger partial charge in [-0.1, -0.05) is 0 Å². The molecular weight excluding hydrogens is 192 g/mol. The molecule has 4 heteroatoms. The van der Waals surface area contributed by atoms with E-state index >= 15 is 0 Å². The minimum absolute atomic E-state index is 0.0389. The first-order valence-electron chi connectivity index (χ1n) is 5.71. The lowest BCUT2D eigenvalue weighted by molar-refractivity contribution is -0.137. The average Bonchev–Trinajstić information content (AvgIpc) is 2.86. The van der Waals surface area contributed by atoms with Gasteiger partial charge in [0.2, 0.25) is 11.8 Å². The fourth-order valence-electron chi connectivity index (χ4n) is 2.13. The molecule has 1 heterocycles. The van der Waals surface area contributed by atoms with Crippen molar-refractivity contribution in [3.8, 4) is 0 Å². The highest BCUT2D eigenvalue weighted by Gasteiger charge is 2.38. The van der Waals surface area contributed by atoms with Crippen LogP contribution in [-0.2, 0) is 9.59 Å². The summed E-state index contributed by atoms with van der Waals surface area (Å²) in [7, 11) is 0. The van der Waals surface area contributed by atoms with E-state index < -0.39 is 0 Å². The maximum Gasteiger partial charge on any atom is 0.243 e. The Morgan fingerprint density at radius 1 is 1.40 bits per heavy atom. The zero-order valence-electron chi connectivity index (χ0n) is 9.32. The zero-order valence-corrected chi connectivity index (χ0v) is 9.32. The lowest BCUT2D eigenvalue weighted by Crippen LogP contribution is -2.48. The van der Waals surface area contributed by atoms with Crippen molar-refractivity contribution in [3.63, 3.8) is 0 Å². The van der Waals surface area contributed by atoms with Gasteiger partial charge < -0.3 is 10.2 Å². The van der Waals surface area contributed by atoms with Crippen molar-refractivity contribution in [2.75, 3.05) is 0 Å². The average molecular weight is 210 g/mol. The van der Waals surface area contributed by atoms with E-state index in [9.17, 15) is 9.59 Å². The molecule has 2 aliphatic rings. The highest BCUT2D eigenvalue weighted by atomic mass is 16.2. The fraction of sp³-hybridized carbons (Fsp3) is 0.818. The van der Waals surface area contributed by atoms with Gasteiger partial charge in [-0.25, -0.2) is 0 Å². The summed E-state index contributed by atoms with van der Waals surface area (Å²) in [6, 6.07) is 0.273. The van der Waals surface area contributed by atoms with Crippen LogP contribution in [0, 0.1) is 0 Å². The Morgan fingerprint density at radius 3 is 2.60 bits per heavy atom. The highest BCUT2D eigenvalue weighted by Crippen LogP contribution is 2.24. The topological polar surface area (TPSA) is 49.4 Å². The van der Waals surface area contributed by atoms with Crippen molar-refractivity contribution >= 4 is 11.8 Å². The van der Waals surface area contributed by atoms with Crippen molar-refractivity contribution < 1.29 is 9.59 Å². The molecule has 4 nitrogen and oxygen atoms in total. The third-order valence-electron chi connectivity index (χ3n) is 3.04. The Labute approximate surface area is 90.0 Å². The van der Waals surface area contributed by atoms with Gasteiger partial charge in [-0.15, -0.1) is 0 Å². The lowest BCUT2D eigenvalue weighted by atomic mass is 10.2. The van der Waals surface area contributed by atoms with Crippen LogP contribution in [0.5, 0.6) is 0 Å². The Balaban J connectivity index is 2.00. The van der Waals surface area contributed by atoms with Crippen LogP contribution in [0.4, 0.5) is 0 Å². The van der Waals surface area contributed by atoms with Crippen LogP contribution in [0.15, 0.2) is 0 Å². The van der Waals surface area contributed by atoms with E-state index in [2.05, 4.69) is 5.32 Å². The highest BCUT2D eigenvalue weighted by molar-refractivity contribution is 5.91. The van der Waals surface area contributed by atoms with Crippen molar-refractivity contribution in [1.82, 2.24) is 10.2 Å². The van der Waals surface area contributed by atoms with E-state index in [0.717, 1.165) is 12.8 Å². The Bertz CT molecular complexity index is 284. The van der Waals surface area contributed by atoms with Crippen LogP contribution >= 0.6 is 0 Å². The van der Waals surface area contributed by atoms with Crippen LogP contribution in [0.2, 0.25) is 0 Å². The molecule has 15 heavy (non-hydrogen) atoms. The lowest BCUT2D eigenvalue weighted by Gasteiger charge is -2.27. The molecule has 1 atom stereocenters. The molecule has 2 fully saturated rings. The van der Waals surface area contributed by atoms with Gasteiger partial charge in [0.15, 0.2) is 0 Å². The fourth-order valence-corrected chi connectivity index (χ4v) is 2.13. The van der Waals surface area contributed by atoms with E-state index in [0.29, 0.717) is 18.9 Å². The molecule has 0 aromatic rings. The number of rotatable bonds is 3. The molecule has 0 radical (unpaired) electrons. The smallest absolute Gasteiger partial charge is 0.243 e. The van der Waals surface area contributed by atoms with Gasteiger partial charge in [-0.3, -0.25) is 9.59 Å². The monoisotopic (exact) mass is 210 g/mol. The maximum atomic E-state index is 11.9.